The van der Waals surface area contributed by atoms with Crippen LogP contribution in [0.5, 0.6) is 0 Å². The summed E-state index contributed by atoms with van der Waals surface area (Å²) >= 11 is 12.0. The number of hydrogen-bond acceptors (Lipinski definition) is 2. The number of carbonyl (C=O) groups excluding carboxylic acids is 1. The number of nitrogens with one attached hydrogen (secondary N) is 1. The Hall–Kier alpha value is -0.980. The summed E-state index contributed by atoms with van der Waals surface area (Å²) in [4.78, 5) is 13.9. The highest BCUT2D eigenvalue weighted by molar-refractivity contribution is 6.34. The van der Waals surface area contributed by atoms with Crippen molar-refractivity contribution < 1.29 is 18.0 Å². The summed E-state index contributed by atoms with van der Waals surface area (Å²) in [6.45, 7) is 2.32. The van der Waals surface area contributed by atoms with Crippen molar-refractivity contribution in [3.05, 3.63) is 33.8 Å². The van der Waals surface area contributed by atoms with E-state index in [0.717, 1.165) is 5.56 Å². The number of piperazine rings is 1. The molecule has 24 heavy (non-hydrogen) atoms. The molecule has 1 amide bonds. The average molecular weight is 381 g/mol. The van der Waals surface area contributed by atoms with Crippen molar-refractivity contribution >= 4 is 29.1 Å². The first-order valence-electron chi connectivity index (χ1n) is 7.71. The molecule has 1 heterocycles. The summed E-state index contributed by atoms with van der Waals surface area (Å²) < 4.78 is 39.8. The molecule has 3 nitrogen and oxygen atoms in total. The highest BCUT2D eigenvalue weighted by Gasteiger charge is 2.69. The predicted molar refractivity (Wildman–Crippen MR) is 86.1 cm³/mol. The number of carbonyl (C=O) groups is 1. The van der Waals surface area contributed by atoms with E-state index in [9.17, 15) is 18.0 Å². The number of hydrogen-bond donors (Lipinski definition) is 1. The Morgan fingerprint density at radius 2 is 1.83 bits per heavy atom. The summed E-state index contributed by atoms with van der Waals surface area (Å²) in [5.41, 5.74) is -1.43. The van der Waals surface area contributed by atoms with Gasteiger partial charge in [-0.2, -0.15) is 13.2 Å². The standard InChI is InChI=1S/C16H17Cl2F3N2O/c1-9-7-22-13(10-4-11(17)6-12(18)5-10)8-23(9)14(24)15(2-3-15)16(19,20)21/h4-6,9,13,22H,2-3,7-8H2,1H3. The molecule has 1 aromatic carbocycles. The van der Waals surface area contributed by atoms with Crippen molar-refractivity contribution in [3.63, 3.8) is 0 Å². The fourth-order valence-corrected chi connectivity index (χ4v) is 3.71. The number of alkyl halides is 3. The fourth-order valence-electron chi connectivity index (χ4n) is 3.17. The topological polar surface area (TPSA) is 32.3 Å². The molecule has 0 spiro atoms. The molecule has 1 aliphatic heterocycles. The molecule has 1 aliphatic carbocycles. The molecule has 132 valence electrons. The highest BCUT2D eigenvalue weighted by atomic mass is 35.5. The lowest BCUT2D eigenvalue weighted by Gasteiger charge is -2.41. The molecule has 2 fully saturated rings. The Labute approximate surface area is 148 Å². The molecule has 2 unspecified atom stereocenters. The second-order valence-corrected chi connectivity index (χ2v) is 7.42. The maximum atomic E-state index is 13.3. The van der Waals surface area contributed by atoms with Gasteiger partial charge in [-0.1, -0.05) is 23.2 Å². The zero-order chi connectivity index (χ0) is 17.7. The van der Waals surface area contributed by atoms with E-state index in [-0.39, 0.29) is 31.5 Å². The lowest BCUT2D eigenvalue weighted by molar-refractivity contribution is -0.200. The molecule has 8 heteroatoms. The van der Waals surface area contributed by atoms with Gasteiger partial charge in [0.1, 0.15) is 5.41 Å². The van der Waals surface area contributed by atoms with Crippen LogP contribution in [0.4, 0.5) is 13.2 Å². The highest BCUT2D eigenvalue weighted by Crippen LogP contribution is 2.59. The molecular formula is C16H17Cl2F3N2O. The zero-order valence-electron chi connectivity index (χ0n) is 13.0. The van der Waals surface area contributed by atoms with Gasteiger partial charge in [-0.05, 0) is 43.5 Å². The SMILES string of the molecule is CC1CNC(c2cc(Cl)cc(Cl)c2)CN1C(=O)C1(C(F)(F)F)CC1. The van der Waals surface area contributed by atoms with E-state index in [0.29, 0.717) is 16.6 Å². The van der Waals surface area contributed by atoms with E-state index in [4.69, 9.17) is 23.2 Å². The molecular weight excluding hydrogens is 364 g/mol. The number of amides is 1. The number of halogens is 5. The van der Waals surface area contributed by atoms with Crippen molar-refractivity contribution in [2.24, 2.45) is 5.41 Å². The molecule has 2 aliphatic rings. The molecule has 0 radical (unpaired) electrons. The number of benzene rings is 1. The second-order valence-electron chi connectivity index (χ2n) is 6.55. The molecule has 0 aromatic heterocycles. The average Bonchev–Trinajstić information content (AvgIpc) is 3.27. The van der Waals surface area contributed by atoms with Gasteiger partial charge in [0.25, 0.3) is 0 Å². The van der Waals surface area contributed by atoms with Crippen molar-refractivity contribution in [2.45, 2.75) is 38.0 Å². The second kappa shape index (κ2) is 6.07. The van der Waals surface area contributed by atoms with Crippen LogP contribution in [-0.2, 0) is 4.79 Å². The van der Waals surface area contributed by atoms with Crippen LogP contribution in [0.1, 0.15) is 31.4 Å². The third kappa shape index (κ3) is 3.11. The maximum Gasteiger partial charge on any atom is 0.403 e. The lowest BCUT2D eigenvalue weighted by Crippen LogP contribution is -2.57. The fraction of sp³-hybridized carbons (Fsp3) is 0.562. The first kappa shape index (κ1) is 17.8. The Morgan fingerprint density at radius 3 is 2.33 bits per heavy atom. The van der Waals surface area contributed by atoms with Crippen molar-refractivity contribution in [3.8, 4) is 0 Å². The number of rotatable bonds is 2. The van der Waals surface area contributed by atoms with Gasteiger partial charge in [-0.15, -0.1) is 0 Å². The summed E-state index contributed by atoms with van der Waals surface area (Å²) in [5.74, 6) is -0.817. The van der Waals surface area contributed by atoms with E-state index >= 15 is 0 Å². The summed E-state index contributed by atoms with van der Waals surface area (Å²) in [6, 6.07) is 4.40. The smallest absolute Gasteiger partial charge is 0.336 e. The van der Waals surface area contributed by atoms with Crippen molar-refractivity contribution in [2.75, 3.05) is 13.1 Å². The van der Waals surface area contributed by atoms with E-state index in [1.165, 1.54) is 4.90 Å². The Kier molecular flexibility index (Phi) is 4.51. The lowest BCUT2D eigenvalue weighted by atomic mass is 9.98. The van der Waals surface area contributed by atoms with Gasteiger partial charge in [0.05, 0.1) is 6.04 Å². The minimum atomic E-state index is -4.50. The van der Waals surface area contributed by atoms with Crippen LogP contribution >= 0.6 is 23.2 Å². The Morgan fingerprint density at radius 1 is 1.25 bits per heavy atom. The van der Waals surface area contributed by atoms with Crippen LogP contribution in [0, 0.1) is 5.41 Å². The minimum absolute atomic E-state index is 0.125. The summed E-state index contributed by atoms with van der Waals surface area (Å²) in [6.07, 6.45) is -4.75. The maximum absolute atomic E-state index is 13.3. The molecule has 0 bridgehead atoms. The normalized spacial score (nSPS) is 26.3. The minimum Gasteiger partial charge on any atom is -0.336 e. The predicted octanol–water partition coefficient (Wildman–Crippen LogP) is 4.20. The molecule has 1 N–H and O–H groups in total. The monoisotopic (exact) mass is 380 g/mol. The molecule has 3 rings (SSSR count). The Balaban J connectivity index is 1.83. The first-order chi connectivity index (χ1) is 11.1. The Bertz CT molecular complexity index is 641. The van der Waals surface area contributed by atoms with Gasteiger partial charge in [0.15, 0.2) is 0 Å². The third-order valence-corrected chi connectivity index (χ3v) is 5.26. The van der Waals surface area contributed by atoms with Crippen LogP contribution in [0.15, 0.2) is 18.2 Å². The van der Waals surface area contributed by atoms with Crippen LogP contribution in [0.3, 0.4) is 0 Å². The van der Waals surface area contributed by atoms with E-state index in [1.807, 2.05) is 0 Å². The van der Waals surface area contributed by atoms with Gasteiger partial charge in [0, 0.05) is 29.2 Å². The van der Waals surface area contributed by atoms with Crippen LogP contribution < -0.4 is 5.32 Å². The third-order valence-electron chi connectivity index (χ3n) is 4.82. The van der Waals surface area contributed by atoms with Crippen LogP contribution in [-0.4, -0.2) is 36.1 Å². The van der Waals surface area contributed by atoms with E-state index in [1.54, 1.807) is 25.1 Å². The van der Waals surface area contributed by atoms with E-state index in [2.05, 4.69) is 5.32 Å². The van der Waals surface area contributed by atoms with Crippen molar-refractivity contribution in [1.82, 2.24) is 10.2 Å². The van der Waals surface area contributed by atoms with E-state index < -0.39 is 17.5 Å². The first-order valence-corrected chi connectivity index (χ1v) is 8.47. The summed E-state index contributed by atoms with van der Waals surface area (Å²) in [7, 11) is 0. The van der Waals surface area contributed by atoms with Gasteiger partial charge in [-0.25, -0.2) is 0 Å². The molecule has 1 aromatic rings. The molecule has 1 saturated carbocycles. The summed E-state index contributed by atoms with van der Waals surface area (Å²) in [5, 5.41) is 4.14. The van der Waals surface area contributed by atoms with Crippen LogP contribution in [0.25, 0.3) is 0 Å². The molecule has 1 saturated heterocycles. The number of nitrogens with zero attached hydrogens (tertiary/aromatic N) is 1. The van der Waals surface area contributed by atoms with Gasteiger partial charge in [-0.3, -0.25) is 4.79 Å². The van der Waals surface area contributed by atoms with Gasteiger partial charge < -0.3 is 10.2 Å². The van der Waals surface area contributed by atoms with Crippen molar-refractivity contribution in [1.29, 1.82) is 0 Å². The largest absolute Gasteiger partial charge is 0.403 e. The van der Waals surface area contributed by atoms with Crippen LogP contribution in [0.2, 0.25) is 10.0 Å². The van der Waals surface area contributed by atoms with Gasteiger partial charge >= 0.3 is 6.18 Å². The zero-order valence-corrected chi connectivity index (χ0v) is 14.5. The quantitative estimate of drug-likeness (QED) is 0.833. The van der Waals surface area contributed by atoms with Gasteiger partial charge in [0.2, 0.25) is 5.91 Å². The molecule has 2 atom stereocenters.